The summed E-state index contributed by atoms with van der Waals surface area (Å²) < 4.78 is 0. The molecule has 0 aliphatic carbocycles. The van der Waals surface area contributed by atoms with Gasteiger partial charge in [-0.15, -0.1) is 0 Å². The zero-order chi connectivity index (χ0) is 26.5. The second-order valence-electron chi connectivity index (χ2n) is 11.0. The van der Waals surface area contributed by atoms with Gasteiger partial charge in [0.05, 0.1) is 5.92 Å². The number of hydrogen-bond donors (Lipinski definition) is 2. The third-order valence-electron chi connectivity index (χ3n) is 8.58. The number of likely N-dealkylation sites (tertiary alicyclic amines) is 2. The molecule has 3 aromatic rings. The molecule has 2 heterocycles. The zero-order valence-corrected chi connectivity index (χ0v) is 22.3. The maximum Gasteiger partial charge on any atom is 0.306 e. The fourth-order valence-electron chi connectivity index (χ4n) is 6.24. The number of hydrogen-bond acceptors (Lipinski definition) is 4. The molecule has 2 aliphatic rings. The molecule has 6 heteroatoms. The molecule has 0 bridgehead atoms. The number of nitrogens with one attached hydrogen (secondary N) is 1. The van der Waals surface area contributed by atoms with Crippen LogP contribution in [0, 0.1) is 11.8 Å². The van der Waals surface area contributed by atoms with Gasteiger partial charge in [-0.3, -0.25) is 9.59 Å². The number of piperidine rings is 1. The molecule has 2 aliphatic heterocycles. The highest BCUT2D eigenvalue weighted by molar-refractivity contribution is 5.86. The van der Waals surface area contributed by atoms with Gasteiger partial charge >= 0.3 is 5.97 Å². The van der Waals surface area contributed by atoms with E-state index >= 15 is 0 Å². The molecule has 0 spiro atoms. The van der Waals surface area contributed by atoms with E-state index in [1.165, 1.54) is 21.9 Å². The summed E-state index contributed by atoms with van der Waals surface area (Å²) in [6, 6.07) is 25.8. The monoisotopic (exact) mass is 513 g/mol. The van der Waals surface area contributed by atoms with Crippen LogP contribution >= 0.6 is 0 Å². The standard InChI is InChI=1S/C32H39N3O3/c1-23(28-13-7-11-24-10-5-6-12-29(24)28)33-20-27-21-35(22-30(27)25-8-3-2-4-9-25)31(36)16-19-34-17-14-26(15-18-34)32(37)38/h2-13,23,26-27,30,33H,14-22H2,1H3,(H,37,38)/t23-,27+,30-/m1/s1. The van der Waals surface area contributed by atoms with Crippen LogP contribution in [0.3, 0.4) is 0 Å². The Morgan fingerprint density at radius 2 is 1.66 bits per heavy atom. The normalized spacial score (nSPS) is 21.6. The third-order valence-corrected chi connectivity index (χ3v) is 8.58. The van der Waals surface area contributed by atoms with E-state index in [2.05, 4.69) is 88.8 Å². The summed E-state index contributed by atoms with van der Waals surface area (Å²) in [5.41, 5.74) is 2.60. The molecule has 6 nitrogen and oxygen atoms in total. The number of carboxylic acid groups (broad SMARTS) is 1. The average Bonchev–Trinajstić information content (AvgIpc) is 3.39. The molecule has 5 rings (SSSR count). The highest BCUT2D eigenvalue weighted by Gasteiger charge is 2.36. The third kappa shape index (κ3) is 6.08. The molecule has 3 aromatic carbocycles. The van der Waals surface area contributed by atoms with E-state index in [0.717, 1.165) is 32.7 Å². The van der Waals surface area contributed by atoms with E-state index in [9.17, 15) is 14.7 Å². The first kappa shape index (κ1) is 26.4. The number of benzene rings is 3. The topological polar surface area (TPSA) is 72.9 Å². The maximum absolute atomic E-state index is 13.3. The quantitative estimate of drug-likeness (QED) is 0.425. The predicted molar refractivity (Wildman–Crippen MR) is 151 cm³/mol. The number of carbonyl (C=O) groups excluding carboxylic acids is 1. The van der Waals surface area contributed by atoms with Crippen molar-refractivity contribution in [2.24, 2.45) is 11.8 Å². The summed E-state index contributed by atoms with van der Waals surface area (Å²) in [6.45, 7) is 6.80. The number of aliphatic carboxylic acids is 1. The van der Waals surface area contributed by atoms with Crippen molar-refractivity contribution in [3.05, 3.63) is 83.9 Å². The Hall–Kier alpha value is -3.22. The van der Waals surface area contributed by atoms with Crippen molar-refractivity contribution in [1.29, 1.82) is 0 Å². The van der Waals surface area contributed by atoms with Crippen molar-refractivity contribution in [1.82, 2.24) is 15.1 Å². The van der Waals surface area contributed by atoms with Crippen molar-refractivity contribution in [2.45, 2.75) is 38.1 Å². The van der Waals surface area contributed by atoms with Gasteiger partial charge in [0, 0.05) is 44.6 Å². The Labute approximate surface area is 225 Å². The first-order valence-electron chi connectivity index (χ1n) is 14.0. The van der Waals surface area contributed by atoms with Gasteiger partial charge in [-0.05, 0) is 60.7 Å². The molecule has 2 fully saturated rings. The first-order valence-corrected chi connectivity index (χ1v) is 14.0. The molecule has 0 aromatic heterocycles. The van der Waals surface area contributed by atoms with Crippen LogP contribution in [0.1, 0.15) is 49.3 Å². The van der Waals surface area contributed by atoms with Crippen molar-refractivity contribution < 1.29 is 14.7 Å². The molecule has 2 N–H and O–H groups in total. The Kier molecular flexibility index (Phi) is 8.40. The van der Waals surface area contributed by atoms with Crippen LogP contribution in [-0.2, 0) is 9.59 Å². The molecule has 2 saturated heterocycles. The Morgan fingerprint density at radius 1 is 0.947 bits per heavy atom. The van der Waals surface area contributed by atoms with Crippen LogP contribution < -0.4 is 5.32 Å². The molecule has 38 heavy (non-hydrogen) atoms. The minimum atomic E-state index is -0.695. The maximum atomic E-state index is 13.3. The number of carboxylic acids is 1. The van der Waals surface area contributed by atoms with E-state index in [1.807, 2.05) is 6.07 Å². The SMILES string of the molecule is C[C@@H](NC[C@H]1CN(C(=O)CCN2CCC(C(=O)O)CC2)C[C@@H]1c1ccccc1)c1cccc2ccccc12. The summed E-state index contributed by atoms with van der Waals surface area (Å²) in [4.78, 5) is 28.8. The Balaban J connectivity index is 1.21. The van der Waals surface area contributed by atoms with Crippen molar-refractivity contribution in [3.8, 4) is 0 Å². The fraction of sp³-hybridized carbons (Fsp3) is 0.438. The van der Waals surface area contributed by atoms with Gasteiger partial charge in [0.2, 0.25) is 5.91 Å². The lowest BCUT2D eigenvalue weighted by atomic mass is 9.88. The van der Waals surface area contributed by atoms with Gasteiger partial charge in [0.15, 0.2) is 0 Å². The summed E-state index contributed by atoms with van der Waals surface area (Å²) in [5, 5.41) is 15.6. The van der Waals surface area contributed by atoms with Crippen LogP contribution in [0.15, 0.2) is 72.8 Å². The highest BCUT2D eigenvalue weighted by atomic mass is 16.4. The second kappa shape index (κ2) is 12.1. The van der Waals surface area contributed by atoms with Crippen LogP contribution in [0.5, 0.6) is 0 Å². The number of fused-ring (bicyclic) bond motifs is 1. The van der Waals surface area contributed by atoms with Gasteiger partial charge in [0.1, 0.15) is 0 Å². The highest BCUT2D eigenvalue weighted by Crippen LogP contribution is 2.34. The molecule has 200 valence electrons. The number of carbonyl (C=O) groups is 2. The number of nitrogens with zero attached hydrogens (tertiary/aromatic N) is 2. The molecule has 3 atom stereocenters. The summed E-state index contributed by atoms with van der Waals surface area (Å²) >= 11 is 0. The van der Waals surface area contributed by atoms with Crippen molar-refractivity contribution in [3.63, 3.8) is 0 Å². The summed E-state index contributed by atoms with van der Waals surface area (Å²) in [5.74, 6) is -0.0875. The van der Waals surface area contributed by atoms with Crippen LogP contribution in [0.2, 0.25) is 0 Å². The second-order valence-corrected chi connectivity index (χ2v) is 11.0. The average molecular weight is 514 g/mol. The minimum absolute atomic E-state index is 0.205. The van der Waals surface area contributed by atoms with E-state index in [-0.39, 0.29) is 17.9 Å². The van der Waals surface area contributed by atoms with Gasteiger partial charge in [0.25, 0.3) is 0 Å². The smallest absolute Gasteiger partial charge is 0.306 e. The lowest BCUT2D eigenvalue weighted by molar-refractivity contribution is -0.143. The van der Waals surface area contributed by atoms with Crippen molar-refractivity contribution >= 4 is 22.6 Å². The lowest BCUT2D eigenvalue weighted by Gasteiger charge is -2.30. The molecular formula is C32H39N3O3. The summed E-state index contributed by atoms with van der Waals surface area (Å²) in [7, 11) is 0. The van der Waals surface area contributed by atoms with E-state index in [0.29, 0.717) is 37.6 Å². The Morgan fingerprint density at radius 3 is 2.42 bits per heavy atom. The van der Waals surface area contributed by atoms with Crippen LogP contribution in [0.4, 0.5) is 0 Å². The molecule has 0 radical (unpaired) electrons. The van der Waals surface area contributed by atoms with Gasteiger partial charge < -0.3 is 20.2 Å². The largest absolute Gasteiger partial charge is 0.481 e. The molecule has 1 amide bonds. The predicted octanol–water partition coefficient (Wildman–Crippen LogP) is 4.92. The summed E-state index contributed by atoms with van der Waals surface area (Å²) in [6.07, 6.45) is 1.84. The first-order chi connectivity index (χ1) is 18.5. The lowest BCUT2D eigenvalue weighted by Crippen LogP contribution is -2.39. The molecule has 0 saturated carbocycles. The van der Waals surface area contributed by atoms with E-state index in [4.69, 9.17) is 0 Å². The van der Waals surface area contributed by atoms with Gasteiger partial charge in [-0.25, -0.2) is 0 Å². The van der Waals surface area contributed by atoms with Crippen molar-refractivity contribution in [2.75, 3.05) is 39.3 Å². The van der Waals surface area contributed by atoms with E-state index < -0.39 is 5.97 Å². The van der Waals surface area contributed by atoms with Gasteiger partial charge in [-0.2, -0.15) is 0 Å². The number of rotatable bonds is 9. The van der Waals surface area contributed by atoms with E-state index in [1.54, 1.807) is 0 Å². The minimum Gasteiger partial charge on any atom is -0.481 e. The van der Waals surface area contributed by atoms with Crippen LogP contribution in [0.25, 0.3) is 10.8 Å². The Bertz CT molecular complexity index is 1230. The zero-order valence-electron chi connectivity index (χ0n) is 22.3. The number of amides is 1. The van der Waals surface area contributed by atoms with Gasteiger partial charge in [-0.1, -0.05) is 72.8 Å². The molecular weight excluding hydrogens is 474 g/mol. The fourth-order valence-corrected chi connectivity index (χ4v) is 6.24. The van der Waals surface area contributed by atoms with Crippen LogP contribution in [-0.4, -0.2) is 66.1 Å². The molecule has 0 unspecified atom stereocenters.